The van der Waals surface area contributed by atoms with E-state index in [0.29, 0.717) is 29.9 Å². The van der Waals surface area contributed by atoms with Crippen molar-refractivity contribution in [1.82, 2.24) is 19.7 Å². The third-order valence-electron chi connectivity index (χ3n) is 7.74. The molecule has 7 heteroatoms. The van der Waals surface area contributed by atoms with E-state index in [2.05, 4.69) is 52.1 Å². The number of carbonyl (C=O) groups is 1. The molecule has 0 atom stereocenters. The molecule has 0 radical (unpaired) electrons. The molecule has 38 heavy (non-hydrogen) atoms. The molecule has 0 unspecified atom stereocenters. The molecule has 1 saturated carbocycles. The lowest BCUT2D eigenvalue weighted by atomic mass is 9.77. The van der Waals surface area contributed by atoms with Crippen molar-refractivity contribution < 1.29 is 9.53 Å². The Labute approximate surface area is 228 Å². The lowest BCUT2D eigenvalue weighted by molar-refractivity contribution is 0.0214. The second-order valence-corrected chi connectivity index (χ2v) is 12.0. The fraction of sp³-hybridized carbons (Fsp3) is 0.387. The molecule has 1 fully saturated rings. The maximum atomic E-state index is 13.1. The summed E-state index contributed by atoms with van der Waals surface area (Å²) in [7, 11) is 0. The van der Waals surface area contributed by atoms with Gasteiger partial charge in [-0.3, -0.25) is 9.47 Å². The van der Waals surface area contributed by atoms with Gasteiger partial charge in [0.1, 0.15) is 11.4 Å². The van der Waals surface area contributed by atoms with Crippen molar-refractivity contribution in [2.75, 3.05) is 0 Å². The number of aromatic nitrogens is 3. The molecule has 0 saturated heterocycles. The molecule has 3 aromatic carbocycles. The first-order chi connectivity index (χ1) is 18.3. The SMILES string of the molecule is CC(C)(C)OC(=O)N1Cc2cc(Cl)ccc2-n2c(nnc2C2CCC(c3cccc4ccccc34)CC2)C1. The molecule has 6 nitrogen and oxygen atoms in total. The van der Waals surface area contributed by atoms with Crippen LogP contribution in [0.2, 0.25) is 5.02 Å². The second kappa shape index (κ2) is 9.73. The van der Waals surface area contributed by atoms with Crippen LogP contribution in [0.25, 0.3) is 16.5 Å². The minimum Gasteiger partial charge on any atom is -0.444 e. The molecule has 1 aliphatic carbocycles. The highest BCUT2D eigenvalue weighted by Gasteiger charge is 2.33. The summed E-state index contributed by atoms with van der Waals surface area (Å²) < 4.78 is 7.86. The van der Waals surface area contributed by atoms with Crippen LogP contribution in [0.3, 0.4) is 0 Å². The van der Waals surface area contributed by atoms with E-state index in [0.717, 1.165) is 48.6 Å². The monoisotopic (exact) mass is 528 g/mol. The molecule has 2 aliphatic rings. The van der Waals surface area contributed by atoms with Crippen LogP contribution in [-0.2, 0) is 17.8 Å². The van der Waals surface area contributed by atoms with Crippen LogP contribution < -0.4 is 0 Å². The van der Waals surface area contributed by atoms with E-state index in [-0.39, 0.29) is 6.09 Å². The van der Waals surface area contributed by atoms with E-state index in [1.54, 1.807) is 4.90 Å². The van der Waals surface area contributed by atoms with Gasteiger partial charge in [0.05, 0.1) is 18.8 Å². The van der Waals surface area contributed by atoms with Crippen molar-refractivity contribution in [1.29, 1.82) is 0 Å². The maximum absolute atomic E-state index is 13.1. The summed E-state index contributed by atoms with van der Waals surface area (Å²) in [5.41, 5.74) is 2.83. The highest BCUT2D eigenvalue weighted by atomic mass is 35.5. The molecular formula is C31H33ClN4O2. The molecule has 1 aliphatic heterocycles. The van der Waals surface area contributed by atoms with Gasteiger partial charge < -0.3 is 4.74 Å². The van der Waals surface area contributed by atoms with Crippen molar-refractivity contribution in [2.24, 2.45) is 0 Å². The van der Waals surface area contributed by atoms with E-state index >= 15 is 0 Å². The molecule has 196 valence electrons. The molecule has 0 N–H and O–H groups in total. The average Bonchev–Trinajstić information content (AvgIpc) is 3.23. The highest BCUT2D eigenvalue weighted by Crippen LogP contribution is 2.43. The molecule has 4 aromatic rings. The number of nitrogens with zero attached hydrogens (tertiary/aromatic N) is 4. The Hall–Kier alpha value is -3.38. The number of benzene rings is 3. The Morgan fingerprint density at radius 2 is 1.66 bits per heavy atom. The van der Waals surface area contributed by atoms with Gasteiger partial charge in [0.25, 0.3) is 0 Å². The molecule has 1 aromatic heterocycles. The first kappa shape index (κ1) is 24.9. The summed E-state index contributed by atoms with van der Waals surface area (Å²) in [5.74, 6) is 2.57. The predicted octanol–water partition coefficient (Wildman–Crippen LogP) is 7.77. The Morgan fingerprint density at radius 1 is 0.921 bits per heavy atom. The Morgan fingerprint density at radius 3 is 2.45 bits per heavy atom. The number of ether oxygens (including phenoxy) is 1. The van der Waals surface area contributed by atoms with E-state index in [4.69, 9.17) is 21.4 Å². The fourth-order valence-corrected chi connectivity index (χ4v) is 6.21. The van der Waals surface area contributed by atoms with Gasteiger partial charge in [-0.05, 0) is 92.5 Å². The number of fused-ring (bicyclic) bond motifs is 4. The van der Waals surface area contributed by atoms with Crippen molar-refractivity contribution in [3.05, 3.63) is 88.5 Å². The summed E-state index contributed by atoms with van der Waals surface area (Å²) in [5, 5.41) is 12.6. The van der Waals surface area contributed by atoms with E-state index in [1.807, 2.05) is 39.0 Å². The number of carbonyl (C=O) groups excluding carboxylic acids is 1. The summed E-state index contributed by atoms with van der Waals surface area (Å²) in [6.45, 7) is 6.37. The van der Waals surface area contributed by atoms with E-state index in [1.165, 1.54) is 16.3 Å². The second-order valence-electron chi connectivity index (χ2n) is 11.5. The first-order valence-electron chi connectivity index (χ1n) is 13.5. The fourth-order valence-electron chi connectivity index (χ4n) is 6.02. The van der Waals surface area contributed by atoms with Gasteiger partial charge in [0.15, 0.2) is 5.82 Å². The van der Waals surface area contributed by atoms with Gasteiger partial charge in [-0.2, -0.15) is 0 Å². The lowest BCUT2D eigenvalue weighted by Gasteiger charge is -2.29. The summed E-state index contributed by atoms with van der Waals surface area (Å²) >= 11 is 6.39. The summed E-state index contributed by atoms with van der Waals surface area (Å²) in [6, 6.07) is 21.2. The van der Waals surface area contributed by atoms with Gasteiger partial charge in [0, 0.05) is 10.9 Å². The Bertz CT molecular complexity index is 1490. The smallest absolute Gasteiger partial charge is 0.411 e. The molecule has 0 spiro atoms. The molecular weight excluding hydrogens is 496 g/mol. The topological polar surface area (TPSA) is 60.2 Å². The van der Waals surface area contributed by atoms with Crippen LogP contribution in [0.5, 0.6) is 0 Å². The van der Waals surface area contributed by atoms with E-state index < -0.39 is 5.60 Å². The first-order valence-corrected chi connectivity index (χ1v) is 13.8. The zero-order valence-corrected chi connectivity index (χ0v) is 22.9. The maximum Gasteiger partial charge on any atom is 0.411 e. The van der Waals surface area contributed by atoms with Crippen LogP contribution in [-0.4, -0.2) is 31.4 Å². The van der Waals surface area contributed by atoms with Crippen LogP contribution in [0.4, 0.5) is 4.79 Å². The Balaban J connectivity index is 1.29. The highest BCUT2D eigenvalue weighted by molar-refractivity contribution is 6.30. The van der Waals surface area contributed by atoms with Crippen LogP contribution in [0.1, 0.15) is 81.1 Å². The standard InChI is InChI=1S/C31H33ClN4O2/c1-31(2,3)38-30(37)35-18-23-17-24(32)15-16-27(23)36-28(19-35)33-34-29(36)22-13-11-21(12-14-22)26-10-6-8-20-7-4-5-9-25(20)26/h4-10,15-17,21-22H,11-14,18-19H2,1-3H3. The number of hydrogen-bond donors (Lipinski definition) is 0. The minimum atomic E-state index is -0.581. The largest absolute Gasteiger partial charge is 0.444 e. The summed E-state index contributed by atoms with van der Waals surface area (Å²) in [4.78, 5) is 14.7. The lowest BCUT2D eigenvalue weighted by Crippen LogP contribution is -2.35. The van der Waals surface area contributed by atoms with Crippen molar-refractivity contribution in [3.8, 4) is 5.69 Å². The van der Waals surface area contributed by atoms with Gasteiger partial charge in [-0.15, -0.1) is 10.2 Å². The van der Waals surface area contributed by atoms with E-state index in [9.17, 15) is 4.79 Å². The third kappa shape index (κ3) is 4.78. The zero-order valence-electron chi connectivity index (χ0n) is 22.2. The third-order valence-corrected chi connectivity index (χ3v) is 7.97. The van der Waals surface area contributed by atoms with Gasteiger partial charge >= 0.3 is 6.09 Å². The van der Waals surface area contributed by atoms with Gasteiger partial charge in [-0.1, -0.05) is 54.1 Å². The van der Waals surface area contributed by atoms with Crippen LogP contribution >= 0.6 is 11.6 Å². The zero-order chi connectivity index (χ0) is 26.4. The molecule has 1 amide bonds. The van der Waals surface area contributed by atoms with Crippen LogP contribution in [0, 0.1) is 0 Å². The number of hydrogen-bond acceptors (Lipinski definition) is 4. The average molecular weight is 529 g/mol. The van der Waals surface area contributed by atoms with Gasteiger partial charge in [-0.25, -0.2) is 4.79 Å². The van der Waals surface area contributed by atoms with Crippen molar-refractivity contribution in [2.45, 2.75) is 77.0 Å². The van der Waals surface area contributed by atoms with Crippen LogP contribution in [0.15, 0.2) is 60.7 Å². The molecule has 0 bridgehead atoms. The van der Waals surface area contributed by atoms with Crippen molar-refractivity contribution >= 4 is 28.5 Å². The normalized spacial score (nSPS) is 19.5. The van der Waals surface area contributed by atoms with Gasteiger partial charge in [0.2, 0.25) is 0 Å². The number of halogens is 1. The minimum absolute atomic E-state index is 0.305. The number of amides is 1. The summed E-state index contributed by atoms with van der Waals surface area (Å²) in [6.07, 6.45) is 3.95. The number of rotatable bonds is 2. The molecule has 2 heterocycles. The van der Waals surface area contributed by atoms with Crippen molar-refractivity contribution in [3.63, 3.8) is 0 Å². The predicted molar refractivity (Wildman–Crippen MR) is 150 cm³/mol. The molecule has 6 rings (SSSR count). The quantitative estimate of drug-likeness (QED) is 0.266. The Kier molecular flexibility index (Phi) is 6.39.